The van der Waals surface area contributed by atoms with Crippen LogP contribution in [0.2, 0.25) is 5.02 Å². The third-order valence-electron chi connectivity index (χ3n) is 41.2. The normalized spacial score (nSPS) is 44.1. The second-order valence-corrected chi connectivity index (χ2v) is 53.8. The zero-order valence-electron chi connectivity index (χ0n) is 81.3. The van der Waals surface area contributed by atoms with E-state index in [1.807, 2.05) is 39.5 Å². The van der Waals surface area contributed by atoms with E-state index in [-0.39, 0.29) is 112 Å². The number of fused-ring (bicyclic) bond motifs is 22. The number of halogens is 1. The minimum Gasteiger partial charge on any atom is -0.390 e. The molecule has 22 nitrogen and oxygen atoms in total. The Balaban J connectivity index is 0.000000144. The van der Waals surface area contributed by atoms with Crippen molar-refractivity contribution in [2.75, 3.05) is 6.26 Å². The van der Waals surface area contributed by atoms with Crippen LogP contribution in [0.15, 0.2) is 49.6 Å². The molecule has 17 aliphatic carbocycles. The number of hydrogen-bond acceptors (Lipinski definition) is 16. The summed E-state index contributed by atoms with van der Waals surface area (Å²) in [4.78, 5) is 64.6. The molecule has 17 aliphatic rings. The molecule has 37 atom stereocenters. The summed E-state index contributed by atoms with van der Waals surface area (Å²) in [6.45, 7) is 48.1. The molecular weight excluding hydrogens is 1760 g/mol. The molecule has 17 saturated carbocycles. The number of aliphatic hydroxyl groups is 4. The van der Waals surface area contributed by atoms with Crippen LogP contribution in [0.1, 0.15) is 318 Å². The Labute approximate surface area is 825 Å². The van der Waals surface area contributed by atoms with E-state index in [0.29, 0.717) is 123 Å². The molecule has 4 aromatic rings. The predicted molar refractivity (Wildman–Crippen MR) is 540 cm³/mol. The van der Waals surface area contributed by atoms with E-state index in [0.717, 1.165) is 181 Å². The van der Waals surface area contributed by atoms with E-state index in [9.17, 15) is 48.0 Å². The molecule has 0 aliphatic heterocycles. The van der Waals surface area contributed by atoms with Crippen molar-refractivity contribution in [1.29, 1.82) is 0 Å². The molecule has 0 spiro atoms. The van der Waals surface area contributed by atoms with Gasteiger partial charge in [0.05, 0.1) is 109 Å². The van der Waals surface area contributed by atoms with Crippen molar-refractivity contribution in [3.63, 3.8) is 0 Å². The molecule has 0 bridgehead atoms. The third-order valence-corrected chi connectivity index (χ3v) is 45.2. The fourth-order valence-electron chi connectivity index (χ4n) is 36.1. The molecule has 17 fully saturated rings. The maximum atomic E-state index is 13.7. The van der Waals surface area contributed by atoms with Crippen LogP contribution in [-0.2, 0) is 55.2 Å². The summed E-state index contributed by atoms with van der Waals surface area (Å²) in [7, 11) is -3.38. The van der Waals surface area contributed by atoms with Gasteiger partial charge in [-0.25, -0.2) is 23.0 Å². The number of Topliss-reactive ketones (excluding diaryl/α,β-unsaturated/α-hetero) is 4. The van der Waals surface area contributed by atoms with Gasteiger partial charge in [0.25, 0.3) is 0 Å². The van der Waals surface area contributed by atoms with Gasteiger partial charge in [0.2, 0.25) is 17.1 Å². The standard InChI is InChI=1S/C28H42N4O2.C28H41N3O4S.C26H37N3O2S.C25H35ClN2O2.4CH4/c1-17(2)31-24-12-23(25(33)16-32-15-19(29-5)14-30-32)28(4)11-9-21-20-8-10-27(3,34)13-18(20)6-7-22(21)26(24)28;1-17(2)36(34,35)25-12-23(24(32)16-31-15-19(29-5)14-30-31)28(4)11-9-21-20-8-10-27(3,33)13-18(20)6-7-22(21)26(25)28;1-25(31)9-7-18-16(12-25)5-6-20-19(18)8-10-26(2)21(11-23(32-4)24(20)26)22(30)15-29-14-17(27-3)13-28-29;1-24(30)7-5-16-14(10-24)3-4-18-17(16)6-8-25(2)22(18)19-9-20(19)23(25)21(29)13-28-12-15(26)11-27-28;;;;/h14-15,17-18,20-24,26,31,34H,6-13,16H2,1-4H3;14-15,17-18,20-23,25-26,33H,6-13,16H2,1-4H3;13-14,16,18-21,23-24,31H,5-12,15H2,1-2,4H3;11-12,14,16-20,22-23,30H,3-10,13H2,1-2H3;4*1H4/t18-,20+,21-,22-,23-,24?,26-,27-,28-;18-,20+,21-,22-,23-,25?,26-,27-,28-;16-,18+,19-,20-,21-,23?,24-,25-,26-;14-,16+,17-,18-,19-,20+,22-,23-,24-,25+;;;;/m1111..../s1. The molecule has 4 aromatic heterocycles. The van der Waals surface area contributed by atoms with Gasteiger partial charge in [-0.3, -0.25) is 37.9 Å². The van der Waals surface area contributed by atoms with Gasteiger partial charge in [-0.15, -0.1) is 0 Å². The van der Waals surface area contributed by atoms with Gasteiger partial charge < -0.3 is 25.7 Å². The van der Waals surface area contributed by atoms with Gasteiger partial charge in [0.1, 0.15) is 0 Å². The van der Waals surface area contributed by atoms with E-state index >= 15 is 0 Å². The second kappa shape index (κ2) is 40.2. The fraction of sp³-hybridized carbons (Fsp3) is 0.829. The third kappa shape index (κ3) is 19.8. The van der Waals surface area contributed by atoms with Crippen molar-refractivity contribution in [3.8, 4) is 0 Å². The van der Waals surface area contributed by atoms with Crippen LogP contribution in [0.25, 0.3) is 14.5 Å². The van der Waals surface area contributed by atoms with Crippen LogP contribution in [0.3, 0.4) is 0 Å². The van der Waals surface area contributed by atoms with Crippen molar-refractivity contribution in [2.45, 2.75) is 395 Å². The number of rotatable bonds is 17. The minimum atomic E-state index is -3.38. The number of thioether (sulfide) groups is 1. The van der Waals surface area contributed by atoms with Gasteiger partial charge in [0, 0.05) is 65.8 Å². The van der Waals surface area contributed by atoms with E-state index < -0.39 is 42.7 Å². The Morgan fingerprint density at radius 3 is 1.11 bits per heavy atom. The molecular formula is C111H171ClN12O10S2. The van der Waals surface area contributed by atoms with Crippen molar-refractivity contribution in [1.82, 2.24) is 44.4 Å². The van der Waals surface area contributed by atoms with Crippen LogP contribution in [0.5, 0.6) is 0 Å². The molecule has 4 heterocycles. The lowest BCUT2D eigenvalue weighted by Crippen LogP contribution is -2.54. The lowest BCUT2D eigenvalue weighted by molar-refractivity contribution is -0.136. The zero-order chi connectivity index (χ0) is 93.8. The van der Waals surface area contributed by atoms with Crippen LogP contribution in [0.4, 0.5) is 17.1 Å². The van der Waals surface area contributed by atoms with Gasteiger partial charge in [0.15, 0.2) is 33.0 Å². The Kier molecular flexibility index (Phi) is 31.4. The number of nitrogens with one attached hydrogen (secondary N) is 1. The first-order valence-electron chi connectivity index (χ1n) is 51.9. The molecule has 754 valence electrons. The SMILES string of the molecule is C.C.C.C.C[C@@]1(O)CC[C@H]2[C@H](CC[C@@H]3[C@@H]2CC[C@@]2(C)[C@H]3[C@@H]3C[C@@H]3[C@@H]2C(=O)Cn2cc(Cl)cn2)C1.[C-]#[N+]c1cnn(CC(=O)[C@H]2CC(NC(C)C)[C@H]3[C@@H]4CC[C@@H]5C[C@](C)(O)CC[C@@H]5[C@H]4CC[C@]23C)c1.[C-]#[N+]c1cnn(CC(=O)[C@H]2CC(S(=O)(=O)C(C)C)[C@H]3[C@@H]4CC[C@@H]5C[C@](C)(O)CC[C@@H]5[C@H]4CC[C@]23C)c1.[C-]#[N+]c1cnn(CC(=O)[C@H]2CC(SC)[C@H]3[C@@H]4CC[C@@H]5C[C@](C)(O)CC[C@@H]5[C@H]4CC[C@]23C)c1. The fourth-order valence-corrected chi connectivity index (χ4v) is 39.5. The molecule has 21 rings (SSSR count). The molecule has 0 saturated heterocycles. The van der Waals surface area contributed by atoms with E-state index in [1.54, 1.807) is 71.3 Å². The van der Waals surface area contributed by atoms with Gasteiger partial charge in [-0.1, -0.05) is 82.8 Å². The molecule has 0 amide bonds. The molecule has 0 aromatic carbocycles. The predicted octanol–water partition coefficient (Wildman–Crippen LogP) is 22.7. The Hall–Kier alpha value is -5.62. The number of ketones is 4. The zero-order valence-corrected chi connectivity index (χ0v) is 83.7. The van der Waals surface area contributed by atoms with Crippen molar-refractivity contribution >= 4 is 73.4 Å². The highest BCUT2D eigenvalue weighted by Gasteiger charge is 2.72. The van der Waals surface area contributed by atoms with Gasteiger partial charge in [-0.2, -0.15) is 32.2 Å². The first kappa shape index (κ1) is 106. The van der Waals surface area contributed by atoms with E-state index in [4.69, 9.17) is 31.3 Å². The Morgan fingerprint density at radius 2 is 0.743 bits per heavy atom. The number of aromatic nitrogens is 8. The summed E-state index contributed by atoms with van der Waals surface area (Å²) in [5.74, 6) is 15.2. The summed E-state index contributed by atoms with van der Waals surface area (Å²) >= 11 is 8.00. The van der Waals surface area contributed by atoms with Crippen LogP contribution in [0, 0.1) is 195 Å². The maximum Gasteiger partial charge on any atom is 0.224 e. The summed E-state index contributed by atoms with van der Waals surface area (Å²) < 4.78 is 34.1. The summed E-state index contributed by atoms with van der Waals surface area (Å²) in [6.07, 6.45) is 49.6. The topological polar surface area (TPSA) is 280 Å². The smallest absolute Gasteiger partial charge is 0.224 e. The van der Waals surface area contributed by atoms with Gasteiger partial charge in [-0.05, 0) is 405 Å². The summed E-state index contributed by atoms with van der Waals surface area (Å²) in [5, 5.41) is 63.7. The van der Waals surface area contributed by atoms with Crippen molar-refractivity contribution in [3.05, 3.63) is 88.8 Å². The molecule has 5 N–H and O–H groups in total. The largest absolute Gasteiger partial charge is 0.390 e. The summed E-state index contributed by atoms with van der Waals surface area (Å²) in [6, 6.07) is 0.781. The molecule has 0 radical (unpaired) electrons. The van der Waals surface area contributed by atoms with Crippen LogP contribution in [-0.4, -0.2) is 148 Å². The minimum absolute atomic E-state index is 0. The first-order valence-corrected chi connectivity index (χ1v) is 55.2. The van der Waals surface area contributed by atoms with E-state index in [2.05, 4.69) is 88.0 Å². The highest BCUT2D eigenvalue weighted by Crippen LogP contribution is 2.76. The monoisotopic (exact) mass is 1930 g/mol. The lowest BCUT2D eigenvalue weighted by Gasteiger charge is -2.57. The van der Waals surface area contributed by atoms with Crippen molar-refractivity contribution in [2.24, 2.45) is 176 Å². The number of carbonyl (C=O) groups is 4. The first-order chi connectivity index (χ1) is 62.5. The van der Waals surface area contributed by atoms with E-state index in [1.165, 1.54) is 94.3 Å². The highest BCUT2D eigenvalue weighted by atomic mass is 35.5. The quantitative estimate of drug-likeness (QED) is 0.0614. The highest BCUT2D eigenvalue weighted by molar-refractivity contribution is 7.99. The van der Waals surface area contributed by atoms with Crippen LogP contribution >= 0.6 is 23.4 Å². The maximum absolute atomic E-state index is 13.7. The molecule has 25 heteroatoms. The average Bonchev–Trinajstić information content (AvgIpc) is 1.51. The number of sulfone groups is 1. The lowest BCUT2D eigenvalue weighted by atomic mass is 9.48. The number of hydrogen-bond donors (Lipinski definition) is 5. The summed E-state index contributed by atoms with van der Waals surface area (Å²) in [5.41, 5.74) is -0.643. The molecule has 136 heavy (non-hydrogen) atoms. The average molecular weight is 1930 g/mol. The Morgan fingerprint density at radius 1 is 0.412 bits per heavy atom. The van der Waals surface area contributed by atoms with Gasteiger partial charge >= 0.3 is 0 Å². The van der Waals surface area contributed by atoms with Crippen LogP contribution < -0.4 is 5.32 Å². The van der Waals surface area contributed by atoms with Crippen molar-refractivity contribution < 1.29 is 48.0 Å². The second-order valence-electron chi connectivity index (χ2n) is 49.6. The molecule has 3 unspecified atom stereocenters. The number of nitrogens with zero attached hydrogens (tertiary/aromatic N) is 11. The number of carbonyl (C=O) groups excluding carboxylic acids is 4. The Bertz CT molecular complexity index is 5160.